The highest BCUT2D eigenvalue weighted by molar-refractivity contribution is 7.89. The van der Waals surface area contributed by atoms with Crippen LogP contribution in [-0.4, -0.2) is 43.8 Å². The predicted octanol–water partition coefficient (Wildman–Crippen LogP) is 3.52. The van der Waals surface area contributed by atoms with E-state index in [1.165, 1.54) is 52.7 Å². The molecule has 0 radical (unpaired) electrons. The van der Waals surface area contributed by atoms with Gasteiger partial charge in [-0.15, -0.1) is 0 Å². The van der Waals surface area contributed by atoms with Gasteiger partial charge < -0.3 is 10.2 Å². The van der Waals surface area contributed by atoms with Gasteiger partial charge in [0, 0.05) is 32.4 Å². The molecule has 2 aromatic carbocycles. The van der Waals surface area contributed by atoms with E-state index < -0.39 is 10.0 Å². The average Bonchev–Trinajstić information content (AvgIpc) is 2.61. The van der Waals surface area contributed by atoms with Gasteiger partial charge in [0.05, 0.1) is 4.90 Å². The van der Waals surface area contributed by atoms with E-state index >= 15 is 0 Å². The normalized spacial score (nSPS) is 11.7. The van der Waals surface area contributed by atoms with Crippen molar-refractivity contribution >= 4 is 21.7 Å². The maximum atomic E-state index is 13.2. The Hall–Kier alpha value is -2.45. The number of nitrogens with zero attached hydrogens (tertiary/aromatic N) is 2. The van der Waals surface area contributed by atoms with E-state index in [1.54, 1.807) is 33.0 Å². The zero-order chi connectivity index (χ0) is 20.2. The molecule has 8 heteroatoms. The third-order valence-corrected chi connectivity index (χ3v) is 6.21. The predicted molar refractivity (Wildman–Crippen MR) is 103 cm³/mol. The lowest BCUT2D eigenvalue weighted by atomic mass is 10.2. The van der Waals surface area contributed by atoms with Gasteiger partial charge in [-0.25, -0.2) is 17.6 Å². The van der Waals surface area contributed by atoms with Crippen LogP contribution in [0.1, 0.15) is 19.4 Å². The Morgan fingerprint density at radius 2 is 1.74 bits per heavy atom. The number of nitrogens with one attached hydrogen (secondary N) is 1. The van der Waals surface area contributed by atoms with Crippen LogP contribution >= 0.6 is 0 Å². The molecule has 2 amide bonds. The summed E-state index contributed by atoms with van der Waals surface area (Å²) >= 11 is 0. The average molecular weight is 393 g/mol. The van der Waals surface area contributed by atoms with Crippen LogP contribution in [0.4, 0.5) is 14.9 Å². The highest BCUT2D eigenvalue weighted by atomic mass is 32.2. The fourth-order valence-electron chi connectivity index (χ4n) is 2.35. The topological polar surface area (TPSA) is 69.7 Å². The Morgan fingerprint density at radius 3 is 2.30 bits per heavy atom. The number of sulfonamides is 1. The number of carbonyl (C=O) groups is 1. The number of hydrogen-bond donors (Lipinski definition) is 1. The largest absolute Gasteiger partial charge is 0.323 e. The highest BCUT2D eigenvalue weighted by Crippen LogP contribution is 2.19. The molecule has 0 atom stereocenters. The molecule has 2 rings (SSSR count). The molecule has 0 aliphatic rings. The van der Waals surface area contributed by atoms with E-state index in [0.29, 0.717) is 11.3 Å². The molecule has 6 nitrogen and oxygen atoms in total. The minimum Gasteiger partial charge on any atom is -0.323 e. The summed E-state index contributed by atoms with van der Waals surface area (Å²) in [6.45, 7) is 3.83. The summed E-state index contributed by atoms with van der Waals surface area (Å²) in [6.07, 6.45) is 0. The summed E-state index contributed by atoms with van der Waals surface area (Å²) in [5, 5.41) is 2.69. The molecule has 0 heterocycles. The molecule has 27 heavy (non-hydrogen) atoms. The lowest BCUT2D eigenvalue weighted by molar-refractivity contribution is 0.220. The summed E-state index contributed by atoms with van der Waals surface area (Å²) in [5.41, 5.74) is 1.14. The third kappa shape index (κ3) is 5.27. The summed E-state index contributed by atoms with van der Waals surface area (Å²) in [6, 6.07) is 11.5. The van der Waals surface area contributed by atoms with Crippen molar-refractivity contribution in [2.45, 2.75) is 31.3 Å². The van der Waals surface area contributed by atoms with Crippen molar-refractivity contribution in [2.75, 3.05) is 19.4 Å². The molecule has 0 bridgehead atoms. The minimum absolute atomic E-state index is 0.157. The smallest absolute Gasteiger partial charge is 0.321 e. The van der Waals surface area contributed by atoms with E-state index in [1.807, 2.05) is 0 Å². The number of carbonyl (C=O) groups excluding carboxylic acids is 1. The van der Waals surface area contributed by atoms with Crippen LogP contribution in [0.15, 0.2) is 53.4 Å². The molecule has 0 saturated carbocycles. The number of benzene rings is 2. The molecule has 146 valence electrons. The van der Waals surface area contributed by atoms with E-state index in [9.17, 15) is 17.6 Å². The Morgan fingerprint density at radius 1 is 1.11 bits per heavy atom. The van der Waals surface area contributed by atoms with Gasteiger partial charge in [0.15, 0.2) is 0 Å². The third-order valence-electron chi connectivity index (χ3n) is 4.17. The van der Waals surface area contributed by atoms with Gasteiger partial charge in [-0.05, 0) is 55.8 Å². The first kappa shape index (κ1) is 20.9. The lowest BCUT2D eigenvalue weighted by Crippen LogP contribution is -2.33. The van der Waals surface area contributed by atoms with Crippen LogP contribution in [-0.2, 0) is 16.6 Å². The van der Waals surface area contributed by atoms with Gasteiger partial charge in [-0.2, -0.15) is 4.31 Å². The van der Waals surface area contributed by atoms with Crippen molar-refractivity contribution in [3.63, 3.8) is 0 Å². The molecular weight excluding hydrogens is 369 g/mol. The molecule has 0 fully saturated rings. The van der Waals surface area contributed by atoms with E-state index in [2.05, 4.69) is 5.32 Å². The maximum Gasteiger partial charge on any atom is 0.321 e. The first-order valence-corrected chi connectivity index (χ1v) is 9.90. The number of urea groups is 1. The zero-order valence-electron chi connectivity index (χ0n) is 15.8. The summed E-state index contributed by atoms with van der Waals surface area (Å²) < 4.78 is 39.4. The fraction of sp³-hybridized carbons (Fsp3) is 0.316. The fourth-order valence-corrected chi connectivity index (χ4v) is 3.72. The number of anilines is 1. The second kappa shape index (κ2) is 8.49. The maximum absolute atomic E-state index is 13.2. The molecule has 0 aromatic heterocycles. The molecule has 0 spiro atoms. The molecule has 0 aliphatic heterocycles. The Bertz CT molecular complexity index is 899. The molecule has 2 aromatic rings. The van der Waals surface area contributed by atoms with E-state index in [-0.39, 0.29) is 29.3 Å². The Balaban J connectivity index is 2.04. The van der Waals surface area contributed by atoms with Crippen LogP contribution < -0.4 is 5.32 Å². The quantitative estimate of drug-likeness (QED) is 0.816. The first-order chi connectivity index (χ1) is 12.6. The van der Waals surface area contributed by atoms with Crippen molar-refractivity contribution in [3.05, 3.63) is 59.9 Å². The monoisotopic (exact) mass is 393 g/mol. The van der Waals surface area contributed by atoms with Gasteiger partial charge in [0.1, 0.15) is 5.82 Å². The van der Waals surface area contributed by atoms with Crippen LogP contribution in [0.5, 0.6) is 0 Å². The zero-order valence-corrected chi connectivity index (χ0v) is 16.6. The van der Waals surface area contributed by atoms with Crippen LogP contribution in [0, 0.1) is 5.82 Å². The van der Waals surface area contributed by atoms with Crippen LogP contribution in [0.25, 0.3) is 0 Å². The van der Waals surface area contributed by atoms with Crippen molar-refractivity contribution in [1.82, 2.24) is 9.21 Å². The standard InChI is InChI=1S/C19H24FN3O3S/c1-14(2)23(4)27(25,26)18-10-8-17(9-11-18)21-19(24)22(3)13-15-6-5-7-16(20)12-15/h5-12,14H,13H2,1-4H3,(H,21,24). The molecule has 0 saturated heterocycles. The van der Waals surface area contributed by atoms with Crippen molar-refractivity contribution < 1.29 is 17.6 Å². The minimum atomic E-state index is -3.57. The highest BCUT2D eigenvalue weighted by Gasteiger charge is 2.23. The lowest BCUT2D eigenvalue weighted by Gasteiger charge is -2.21. The van der Waals surface area contributed by atoms with Crippen LogP contribution in [0.3, 0.4) is 0 Å². The molecular formula is C19H24FN3O3S. The van der Waals surface area contributed by atoms with Crippen LogP contribution in [0.2, 0.25) is 0 Å². The molecule has 0 aliphatic carbocycles. The van der Waals surface area contributed by atoms with Crippen molar-refractivity contribution in [1.29, 1.82) is 0 Å². The summed E-state index contributed by atoms with van der Waals surface area (Å²) in [4.78, 5) is 13.8. The molecule has 1 N–H and O–H groups in total. The number of amides is 2. The Labute approximate surface area is 159 Å². The Kier molecular flexibility index (Phi) is 6.56. The van der Waals surface area contributed by atoms with E-state index in [0.717, 1.165) is 0 Å². The van der Waals surface area contributed by atoms with Gasteiger partial charge in [0.2, 0.25) is 10.0 Å². The number of hydrogen-bond acceptors (Lipinski definition) is 3. The van der Waals surface area contributed by atoms with Gasteiger partial charge in [0.25, 0.3) is 0 Å². The summed E-state index contributed by atoms with van der Waals surface area (Å²) in [7, 11) is -0.451. The number of rotatable bonds is 6. The SMILES string of the molecule is CC(C)N(C)S(=O)(=O)c1ccc(NC(=O)N(C)Cc2cccc(F)c2)cc1. The van der Waals surface area contributed by atoms with Gasteiger partial charge in [-0.3, -0.25) is 0 Å². The number of halogens is 1. The van der Waals surface area contributed by atoms with E-state index in [4.69, 9.17) is 0 Å². The van der Waals surface area contributed by atoms with Gasteiger partial charge in [-0.1, -0.05) is 12.1 Å². The van der Waals surface area contributed by atoms with Gasteiger partial charge >= 0.3 is 6.03 Å². The molecule has 0 unspecified atom stereocenters. The summed E-state index contributed by atoms with van der Waals surface area (Å²) in [5.74, 6) is -0.357. The second-order valence-corrected chi connectivity index (χ2v) is 8.55. The van der Waals surface area contributed by atoms with Crippen molar-refractivity contribution in [2.24, 2.45) is 0 Å². The van der Waals surface area contributed by atoms with Crippen molar-refractivity contribution in [3.8, 4) is 0 Å². The first-order valence-electron chi connectivity index (χ1n) is 8.46. The second-order valence-electron chi connectivity index (χ2n) is 6.56.